The van der Waals surface area contributed by atoms with Crippen LogP contribution in [0.2, 0.25) is 0 Å². The molecule has 0 aliphatic heterocycles. The van der Waals surface area contributed by atoms with Crippen molar-refractivity contribution < 1.29 is 4.39 Å². The lowest BCUT2D eigenvalue weighted by atomic mass is 9.93. The summed E-state index contributed by atoms with van der Waals surface area (Å²) in [5.74, 6) is -0.449. The molecule has 16 heavy (non-hydrogen) atoms. The molecule has 90 valence electrons. The molecular weight excluding hydrogens is 205 g/mol. The second-order valence-electron chi connectivity index (χ2n) is 5.12. The molecule has 1 N–H and O–H groups in total. The number of hydrogen-bond acceptors (Lipinski definition) is 3. The number of hydrogen-bond donors (Lipinski definition) is 1. The Hall–Kier alpha value is -1.16. The molecule has 0 aromatic carbocycles. The van der Waals surface area contributed by atoms with Gasteiger partial charge in [0.15, 0.2) is 0 Å². The van der Waals surface area contributed by atoms with Crippen LogP contribution in [0, 0.1) is 11.4 Å². The van der Waals surface area contributed by atoms with Crippen molar-refractivity contribution in [3.05, 3.63) is 24.3 Å². The standard InChI is InChI=1S/C12H20FN3/c1-12(2,9-16(3)4)8-15-10-5-6-14-11(13)7-10/h5-7H,8-9H2,1-4H3,(H,14,15). The number of rotatable bonds is 5. The van der Waals surface area contributed by atoms with Crippen LogP contribution in [0.3, 0.4) is 0 Å². The first-order valence-corrected chi connectivity index (χ1v) is 5.39. The molecule has 0 unspecified atom stereocenters. The van der Waals surface area contributed by atoms with Crippen molar-refractivity contribution in [2.24, 2.45) is 5.41 Å². The van der Waals surface area contributed by atoms with Gasteiger partial charge in [-0.15, -0.1) is 0 Å². The van der Waals surface area contributed by atoms with Gasteiger partial charge < -0.3 is 10.2 Å². The smallest absolute Gasteiger partial charge is 0.214 e. The minimum atomic E-state index is -0.449. The highest BCUT2D eigenvalue weighted by atomic mass is 19.1. The molecule has 0 fully saturated rings. The summed E-state index contributed by atoms with van der Waals surface area (Å²) in [5, 5.41) is 3.22. The summed E-state index contributed by atoms with van der Waals surface area (Å²) in [6.45, 7) is 6.14. The van der Waals surface area contributed by atoms with Crippen LogP contribution in [-0.2, 0) is 0 Å². The van der Waals surface area contributed by atoms with E-state index in [1.54, 1.807) is 6.07 Å². The van der Waals surface area contributed by atoms with Crippen LogP contribution in [0.25, 0.3) is 0 Å². The van der Waals surface area contributed by atoms with E-state index in [4.69, 9.17) is 0 Å². The molecule has 0 aliphatic rings. The highest BCUT2D eigenvalue weighted by Gasteiger charge is 2.18. The van der Waals surface area contributed by atoms with Crippen LogP contribution in [0.1, 0.15) is 13.8 Å². The molecule has 0 aliphatic carbocycles. The number of pyridine rings is 1. The zero-order chi connectivity index (χ0) is 12.2. The molecule has 0 spiro atoms. The number of halogens is 1. The highest BCUT2D eigenvalue weighted by Crippen LogP contribution is 2.17. The van der Waals surface area contributed by atoms with E-state index in [0.717, 1.165) is 18.8 Å². The Morgan fingerprint density at radius 3 is 2.69 bits per heavy atom. The quantitative estimate of drug-likeness (QED) is 0.779. The van der Waals surface area contributed by atoms with Gasteiger partial charge in [-0.05, 0) is 25.6 Å². The third kappa shape index (κ3) is 4.57. The molecule has 1 aromatic rings. The molecule has 0 saturated heterocycles. The Morgan fingerprint density at radius 1 is 1.44 bits per heavy atom. The van der Waals surface area contributed by atoms with Crippen LogP contribution in [0.4, 0.5) is 10.1 Å². The first-order valence-electron chi connectivity index (χ1n) is 5.39. The summed E-state index contributed by atoms with van der Waals surface area (Å²) in [7, 11) is 4.10. The molecule has 1 aromatic heterocycles. The molecule has 4 heteroatoms. The Balaban J connectivity index is 2.50. The van der Waals surface area contributed by atoms with Gasteiger partial charge in [-0.3, -0.25) is 0 Å². The van der Waals surface area contributed by atoms with E-state index in [2.05, 4.69) is 29.0 Å². The van der Waals surface area contributed by atoms with Gasteiger partial charge in [0.2, 0.25) is 5.95 Å². The highest BCUT2D eigenvalue weighted by molar-refractivity contribution is 5.41. The number of nitrogens with zero attached hydrogens (tertiary/aromatic N) is 2. The number of aromatic nitrogens is 1. The van der Waals surface area contributed by atoms with Crippen LogP contribution in [0.15, 0.2) is 18.3 Å². The third-order valence-electron chi connectivity index (χ3n) is 2.24. The van der Waals surface area contributed by atoms with Gasteiger partial charge >= 0.3 is 0 Å². The Bertz CT molecular complexity index is 337. The predicted molar refractivity (Wildman–Crippen MR) is 65.0 cm³/mol. The predicted octanol–water partition coefficient (Wildman–Crippen LogP) is 2.22. The van der Waals surface area contributed by atoms with Gasteiger partial charge in [0, 0.05) is 31.0 Å². The summed E-state index contributed by atoms with van der Waals surface area (Å²) in [6.07, 6.45) is 1.47. The maximum Gasteiger partial charge on any atom is 0.214 e. The molecule has 0 amide bonds. The zero-order valence-electron chi connectivity index (χ0n) is 10.4. The van der Waals surface area contributed by atoms with Gasteiger partial charge in [-0.1, -0.05) is 13.8 Å². The second-order valence-corrected chi connectivity index (χ2v) is 5.12. The van der Waals surface area contributed by atoms with Crippen LogP contribution >= 0.6 is 0 Å². The van der Waals surface area contributed by atoms with Crippen molar-refractivity contribution in [3.63, 3.8) is 0 Å². The van der Waals surface area contributed by atoms with E-state index >= 15 is 0 Å². The van der Waals surface area contributed by atoms with E-state index in [1.807, 2.05) is 14.1 Å². The first-order chi connectivity index (χ1) is 7.39. The number of nitrogens with one attached hydrogen (secondary N) is 1. The minimum Gasteiger partial charge on any atom is -0.384 e. The monoisotopic (exact) mass is 225 g/mol. The van der Waals surface area contributed by atoms with Crippen molar-refractivity contribution in [2.75, 3.05) is 32.5 Å². The van der Waals surface area contributed by atoms with E-state index in [9.17, 15) is 4.39 Å². The molecule has 1 heterocycles. The molecule has 0 bridgehead atoms. The lowest BCUT2D eigenvalue weighted by Gasteiger charge is -2.28. The summed E-state index contributed by atoms with van der Waals surface area (Å²) in [4.78, 5) is 5.67. The topological polar surface area (TPSA) is 28.2 Å². The molecule has 0 atom stereocenters. The third-order valence-corrected chi connectivity index (χ3v) is 2.24. The van der Waals surface area contributed by atoms with Gasteiger partial charge in [0.25, 0.3) is 0 Å². The maximum atomic E-state index is 12.8. The summed E-state index contributed by atoms with van der Waals surface area (Å²) < 4.78 is 12.8. The zero-order valence-corrected chi connectivity index (χ0v) is 10.4. The summed E-state index contributed by atoms with van der Waals surface area (Å²) in [6, 6.07) is 3.18. The van der Waals surface area contributed by atoms with Crippen LogP contribution < -0.4 is 5.32 Å². The molecule has 1 rings (SSSR count). The normalized spacial score (nSPS) is 11.9. The fraction of sp³-hybridized carbons (Fsp3) is 0.583. The van der Waals surface area contributed by atoms with Crippen LogP contribution in [0.5, 0.6) is 0 Å². The van der Waals surface area contributed by atoms with Crippen molar-refractivity contribution in [1.82, 2.24) is 9.88 Å². The van der Waals surface area contributed by atoms with Gasteiger partial charge in [0.1, 0.15) is 0 Å². The van der Waals surface area contributed by atoms with Crippen molar-refractivity contribution >= 4 is 5.69 Å². The minimum absolute atomic E-state index is 0.142. The average molecular weight is 225 g/mol. The van der Waals surface area contributed by atoms with Crippen molar-refractivity contribution in [3.8, 4) is 0 Å². The Morgan fingerprint density at radius 2 is 2.12 bits per heavy atom. The van der Waals surface area contributed by atoms with E-state index in [-0.39, 0.29) is 5.41 Å². The Labute approximate surface area is 96.7 Å². The second kappa shape index (κ2) is 5.25. The maximum absolute atomic E-state index is 12.8. The molecule has 3 nitrogen and oxygen atoms in total. The van der Waals surface area contributed by atoms with Gasteiger partial charge in [0.05, 0.1) is 0 Å². The van der Waals surface area contributed by atoms with Crippen LogP contribution in [-0.4, -0.2) is 37.1 Å². The SMILES string of the molecule is CN(C)CC(C)(C)CNc1ccnc(F)c1. The molecule has 0 saturated carbocycles. The summed E-state index contributed by atoms with van der Waals surface area (Å²) >= 11 is 0. The molecule has 0 radical (unpaired) electrons. The fourth-order valence-corrected chi connectivity index (χ4v) is 1.77. The number of anilines is 1. The van der Waals surface area contributed by atoms with Crippen molar-refractivity contribution in [2.45, 2.75) is 13.8 Å². The Kier molecular flexibility index (Phi) is 4.24. The van der Waals surface area contributed by atoms with Gasteiger partial charge in [-0.2, -0.15) is 4.39 Å². The van der Waals surface area contributed by atoms with E-state index in [1.165, 1.54) is 12.3 Å². The lowest BCUT2D eigenvalue weighted by molar-refractivity contribution is 0.254. The fourth-order valence-electron chi connectivity index (χ4n) is 1.77. The summed E-state index contributed by atoms with van der Waals surface area (Å²) in [5.41, 5.74) is 0.919. The average Bonchev–Trinajstić information content (AvgIpc) is 2.13. The van der Waals surface area contributed by atoms with E-state index in [0.29, 0.717) is 0 Å². The van der Waals surface area contributed by atoms with Gasteiger partial charge in [-0.25, -0.2) is 4.98 Å². The molecular formula is C12H20FN3. The lowest BCUT2D eigenvalue weighted by Crippen LogP contribution is -2.34. The first kappa shape index (κ1) is 12.9. The largest absolute Gasteiger partial charge is 0.384 e. The van der Waals surface area contributed by atoms with Crippen molar-refractivity contribution in [1.29, 1.82) is 0 Å². The van der Waals surface area contributed by atoms with E-state index < -0.39 is 5.95 Å².